The standard InChI is InChI=1S/C15H30N2O2/c1-13-8-17(9-14(10-18)19-13)12-15(11-16)6-4-2-3-5-7-15/h13-14,18H,2-12,16H2,1H3. The first kappa shape index (κ1) is 15.2. The van der Waals surface area contributed by atoms with E-state index >= 15 is 0 Å². The van der Waals surface area contributed by atoms with Crippen molar-refractivity contribution >= 4 is 0 Å². The SMILES string of the molecule is CC1CN(CC2(CN)CCCCCC2)CC(CO)O1. The molecular formula is C15H30N2O2. The fourth-order valence-corrected chi connectivity index (χ4v) is 3.75. The van der Waals surface area contributed by atoms with Crippen LogP contribution in [-0.2, 0) is 4.74 Å². The van der Waals surface area contributed by atoms with Gasteiger partial charge in [0.25, 0.3) is 0 Å². The fraction of sp³-hybridized carbons (Fsp3) is 1.00. The molecule has 19 heavy (non-hydrogen) atoms. The van der Waals surface area contributed by atoms with Crippen LogP contribution in [0.4, 0.5) is 0 Å². The van der Waals surface area contributed by atoms with Crippen molar-refractivity contribution in [2.45, 2.75) is 57.7 Å². The van der Waals surface area contributed by atoms with Crippen LogP contribution >= 0.6 is 0 Å². The van der Waals surface area contributed by atoms with E-state index in [2.05, 4.69) is 11.8 Å². The Labute approximate surface area is 117 Å². The molecule has 2 atom stereocenters. The van der Waals surface area contributed by atoms with Crippen LogP contribution in [0.2, 0.25) is 0 Å². The topological polar surface area (TPSA) is 58.7 Å². The number of hydrogen-bond donors (Lipinski definition) is 2. The highest BCUT2D eigenvalue weighted by Crippen LogP contribution is 2.35. The summed E-state index contributed by atoms with van der Waals surface area (Å²) in [7, 11) is 0. The van der Waals surface area contributed by atoms with Gasteiger partial charge in [-0.1, -0.05) is 25.7 Å². The van der Waals surface area contributed by atoms with E-state index in [0.717, 1.165) is 26.2 Å². The fourth-order valence-electron chi connectivity index (χ4n) is 3.75. The van der Waals surface area contributed by atoms with Gasteiger partial charge in [0.05, 0.1) is 18.8 Å². The van der Waals surface area contributed by atoms with Crippen LogP contribution in [0.1, 0.15) is 45.4 Å². The molecule has 4 nitrogen and oxygen atoms in total. The summed E-state index contributed by atoms with van der Waals surface area (Å²) < 4.78 is 5.72. The highest BCUT2D eigenvalue weighted by molar-refractivity contribution is 4.88. The molecule has 1 heterocycles. The van der Waals surface area contributed by atoms with Crippen molar-refractivity contribution in [3.63, 3.8) is 0 Å². The van der Waals surface area contributed by atoms with Gasteiger partial charge in [-0.3, -0.25) is 4.90 Å². The Morgan fingerprint density at radius 1 is 1.21 bits per heavy atom. The number of morpholine rings is 1. The quantitative estimate of drug-likeness (QED) is 0.758. The molecule has 0 radical (unpaired) electrons. The molecule has 2 fully saturated rings. The van der Waals surface area contributed by atoms with Gasteiger partial charge < -0.3 is 15.6 Å². The van der Waals surface area contributed by atoms with E-state index < -0.39 is 0 Å². The third kappa shape index (κ3) is 4.15. The third-order valence-corrected chi connectivity index (χ3v) is 4.76. The first-order valence-corrected chi connectivity index (χ1v) is 7.86. The second-order valence-electron chi connectivity index (χ2n) is 6.56. The third-order valence-electron chi connectivity index (χ3n) is 4.76. The molecule has 0 aromatic heterocycles. The lowest BCUT2D eigenvalue weighted by Gasteiger charge is -2.42. The minimum Gasteiger partial charge on any atom is -0.394 e. The normalized spacial score (nSPS) is 33.0. The summed E-state index contributed by atoms with van der Waals surface area (Å²) in [4.78, 5) is 2.47. The molecule has 112 valence electrons. The Bertz CT molecular complexity index is 265. The Balaban J connectivity index is 1.96. The Hall–Kier alpha value is -0.160. The molecule has 2 unspecified atom stereocenters. The maximum Gasteiger partial charge on any atom is 0.0936 e. The van der Waals surface area contributed by atoms with Crippen LogP contribution < -0.4 is 5.73 Å². The molecular weight excluding hydrogens is 240 g/mol. The molecule has 0 spiro atoms. The molecule has 2 aliphatic rings. The number of rotatable bonds is 4. The van der Waals surface area contributed by atoms with E-state index in [-0.39, 0.29) is 18.8 Å². The lowest BCUT2D eigenvalue weighted by atomic mass is 9.79. The largest absolute Gasteiger partial charge is 0.394 e. The average Bonchev–Trinajstić information content (AvgIpc) is 2.64. The van der Waals surface area contributed by atoms with Crippen molar-refractivity contribution in [2.24, 2.45) is 11.1 Å². The average molecular weight is 270 g/mol. The monoisotopic (exact) mass is 270 g/mol. The lowest BCUT2D eigenvalue weighted by Crippen LogP contribution is -2.52. The maximum absolute atomic E-state index is 9.32. The summed E-state index contributed by atoms with van der Waals surface area (Å²) in [6.45, 7) is 5.91. The Morgan fingerprint density at radius 3 is 2.47 bits per heavy atom. The molecule has 0 aromatic carbocycles. The molecule has 4 heteroatoms. The Kier molecular flexibility index (Phi) is 5.63. The first-order valence-electron chi connectivity index (χ1n) is 7.86. The van der Waals surface area contributed by atoms with Crippen LogP contribution in [-0.4, -0.2) is 55.0 Å². The molecule has 0 aromatic rings. The van der Waals surface area contributed by atoms with Gasteiger partial charge in [0.2, 0.25) is 0 Å². The van der Waals surface area contributed by atoms with E-state index in [0.29, 0.717) is 5.41 Å². The summed E-state index contributed by atoms with van der Waals surface area (Å²) in [5, 5.41) is 9.32. The number of aliphatic hydroxyl groups is 1. The van der Waals surface area contributed by atoms with Crippen molar-refractivity contribution in [3.8, 4) is 0 Å². The molecule has 0 amide bonds. The van der Waals surface area contributed by atoms with Crippen LogP contribution in [0, 0.1) is 5.41 Å². The van der Waals surface area contributed by atoms with Gasteiger partial charge in [-0.05, 0) is 31.7 Å². The number of ether oxygens (including phenoxy) is 1. The van der Waals surface area contributed by atoms with E-state index in [1.165, 1.54) is 38.5 Å². The van der Waals surface area contributed by atoms with Crippen molar-refractivity contribution < 1.29 is 9.84 Å². The zero-order valence-electron chi connectivity index (χ0n) is 12.3. The minimum atomic E-state index is -0.0237. The summed E-state index contributed by atoms with van der Waals surface area (Å²) in [5.41, 5.74) is 6.42. The highest BCUT2D eigenvalue weighted by Gasteiger charge is 2.34. The van der Waals surface area contributed by atoms with Gasteiger partial charge in [0.15, 0.2) is 0 Å². The van der Waals surface area contributed by atoms with Gasteiger partial charge in [0, 0.05) is 19.6 Å². The van der Waals surface area contributed by atoms with Crippen molar-refractivity contribution in [2.75, 3.05) is 32.8 Å². The van der Waals surface area contributed by atoms with Crippen LogP contribution in [0.15, 0.2) is 0 Å². The first-order chi connectivity index (χ1) is 9.17. The van der Waals surface area contributed by atoms with E-state index in [1.807, 2.05) is 0 Å². The summed E-state index contributed by atoms with van der Waals surface area (Å²) >= 11 is 0. The van der Waals surface area contributed by atoms with Gasteiger partial charge in [-0.15, -0.1) is 0 Å². The maximum atomic E-state index is 9.32. The van der Waals surface area contributed by atoms with Crippen LogP contribution in [0.5, 0.6) is 0 Å². The molecule has 1 aliphatic carbocycles. The number of nitrogens with zero attached hydrogens (tertiary/aromatic N) is 1. The molecule has 1 saturated heterocycles. The smallest absolute Gasteiger partial charge is 0.0936 e. The summed E-state index contributed by atoms with van der Waals surface area (Å²) in [5.74, 6) is 0. The van der Waals surface area contributed by atoms with E-state index in [9.17, 15) is 5.11 Å². The number of nitrogens with two attached hydrogens (primary N) is 1. The van der Waals surface area contributed by atoms with Crippen LogP contribution in [0.3, 0.4) is 0 Å². The predicted octanol–water partition coefficient (Wildman–Crippen LogP) is 1.37. The lowest BCUT2D eigenvalue weighted by molar-refractivity contribution is -0.103. The van der Waals surface area contributed by atoms with E-state index in [4.69, 9.17) is 10.5 Å². The highest BCUT2D eigenvalue weighted by atomic mass is 16.5. The van der Waals surface area contributed by atoms with Crippen LogP contribution in [0.25, 0.3) is 0 Å². The zero-order valence-corrected chi connectivity index (χ0v) is 12.3. The molecule has 0 bridgehead atoms. The molecule has 1 saturated carbocycles. The summed E-state index contributed by atoms with van der Waals surface area (Å²) in [6, 6.07) is 0. The number of aliphatic hydroxyl groups excluding tert-OH is 1. The zero-order chi connectivity index (χ0) is 13.7. The second-order valence-corrected chi connectivity index (χ2v) is 6.56. The second kappa shape index (κ2) is 7.02. The molecule has 1 aliphatic heterocycles. The van der Waals surface area contributed by atoms with Gasteiger partial charge in [-0.25, -0.2) is 0 Å². The van der Waals surface area contributed by atoms with Crippen molar-refractivity contribution in [1.29, 1.82) is 0 Å². The number of hydrogen-bond acceptors (Lipinski definition) is 4. The van der Waals surface area contributed by atoms with Gasteiger partial charge in [-0.2, -0.15) is 0 Å². The van der Waals surface area contributed by atoms with Crippen molar-refractivity contribution in [3.05, 3.63) is 0 Å². The summed E-state index contributed by atoms with van der Waals surface area (Å²) in [6.07, 6.45) is 8.08. The Morgan fingerprint density at radius 2 is 1.89 bits per heavy atom. The van der Waals surface area contributed by atoms with Gasteiger partial charge in [0.1, 0.15) is 0 Å². The van der Waals surface area contributed by atoms with E-state index in [1.54, 1.807) is 0 Å². The molecule has 2 rings (SSSR count). The predicted molar refractivity (Wildman–Crippen MR) is 77.1 cm³/mol. The minimum absolute atomic E-state index is 0.0237. The van der Waals surface area contributed by atoms with Crippen molar-refractivity contribution in [1.82, 2.24) is 4.90 Å². The van der Waals surface area contributed by atoms with Gasteiger partial charge >= 0.3 is 0 Å². The molecule has 3 N–H and O–H groups in total.